The van der Waals surface area contributed by atoms with E-state index < -0.39 is 0 Å². The molecule has 2 heterocycles. The lowest BCUT2D eigenvalue weighted by Gasteiger charge is -2.39. The molecule has 6 nitrogen and oxygen atoms in total. The summed E-state index contributed by atoms with van der Waals surface area (Å²) in [6, 6.07) is 21.8. The van der Waals surface area contributed by atoms with Crippen molar-refractivity contribution in [2.45, 2.75) is 32.3 Å². The second-order valence-electron chi connectivity index (χ2n) is 11.2. The molecule has 1 amide bonds. The lowest BCUT2D eigenvalue weighted by molar-refractivity contribution is -0.133. The summed E-state index contributed by atoms with van der Waals surface area (Å²) < 4.78 is 18.0. The number of rotatable bonds is 8. The van der Waals surface area contributed by atoms with Gasteiger partial charge in [-0.25, -0.2) is 0 Å². The third-order valence-electron chi connectivity index (χ3n) is 8.30. The molecule has 8 heteroatoms. The van der Waals surface area contributed by atoms with E-state index in [0.717, 1.165) is 42.1 Å². The molecule has 0 aliphatic carbocycles. The number of carbonyl (C=O) groups excluding carboxylic acids is 1. The predicted octanol–water partition coefficient (Wildman–Crippen LogP) is 7.25. The SMILES string of the molecule is COc1ccccc1N1CCN(C(=O)COc2cccc([C@@H]3OC[C@@H](c4ccc(Cl)c(Cl)c4)C[C@H]3C(C)C)c2)CC1. The maximum Gasteiger partial charge on any atom is 0.260 e. The van der Waals surface area contributed by atoms with E-state index in [-0.39, 0.29) is 24.5 Å². The number of piperazine rings is 1. The van der Waals surface area contributed by atoms with E-state index in [4.69, 9.17) is 37.4 Å². The highest BCUT2D eigenvalue weighted by atomic mass is 35.5. The summed E-state index contributed by atoms with van der Waals surface area (Å²) in [5.41, 5.74) is 3.29. The van der Waals surface area contributed by atoms with Crippen molar-refractivity contribution >= 4 is 34.8 Å². The number of hydrogen-bond donors (Lipinski definition) is 0. The molecule has 0 saturated carbocycles. The second-order valence-corrected chi connectivity index (χ2v) is 12.0. The maximum atomic E-state index is 13.0. The van der Waals surface area contributed by atoms with E-state index >= 15 is 0 Å². The Hall–Kier alpha value is -2.93. The molecule has 0 unspecified atom stereocenters. The van der Waals surface area contributed by atoms with Crippen molar-refractivity contribution in [2.24, 2.45) is 11.8 Å². The van der Waals surface area contributed by atoms with Crippen LogP contribution >= 0.6 is 23.2 Å². The summed E-state index contributed by atoms with van der Waals surface area (Å²) >= 11 is 12.4. The van der Waals surface area contributed by atoms with Gasteiger partial charge in [0.2, 0.25) is 0 Å². The molecule has 5 rings (SSSR count). The van der Waals surface area contributed by atoms with Crippen molar-refractivity contribution in [2.75, 3.05) is 51.4 Å². The molecule has 3 aromatic rings. The summed E-state index contributed by atoms with van der Waals surface area (Å²) in [5.74, 6) is 2.52. The molecule has 41 heavy (non-hydrogen) atoms. The van der Waals surface area contributed by atoms with Gasteiger partial charge in [0.25, 0.3) is 5.91 Å². The molecule has 2 aliphatic rings. The Morgan fingerprint density at radius 2 is 1.73 bits per heavy atom. The topological polar surface area (TPSA) is 51.2 Å². The molecular formula is C33H38Cl2N2O4. The minimum absolute atomic E-state index is 0.00600. The molecule has 0 aromatic heterocycles. The summed E-state index contributed by atoms with van der Waals surface area (Å²) in [6.45, 7) is 7.89. The van der Waals surface area contributed by atoms with Gasteiger partial charge in [-0.15, -0.1) is 0 Å². The van der Waals surface area contributed by atoms with Gasteiger partial charge in [-0.3, -0.25) is 4.79 Å². The van der Waals surface area contributed by atoms with Gasteiger partial charge in [-0.2, -0.15) is 0 Å². The highest BCUT2D eigenvalue weighted by molar-refractivity contribution is 6.42. The number of hydrogen-bond acceptors (Lipinski definition) is 5. The molecule has 3 aromatic carbocycles. The third-order valence-corrected chi connectivity index (χ3v) is 9.04. The Balaban J connectivity index is 1.18. The number of nitrogens with zero attached hydrogens (tertiary/aromatic N) is 2. The average molecular weight is 598 g/mol. The number of anilines is 1. The Kier molecular flexibility index (Phi) is 9.64. The second kappa shape index (κ2) is 13.4. The Morgan fingerprint density at radius 1 is 0.951 bits per heavy atom. The molecule has 218 valence electrons. The van der Waals surface area contributed by atoms with Crippen LogP contribution < -0.4 is 14.4 Å². The van der Waals surface area contributed by atoms with Crippen molar-refractivity contribution in [1.29, 1.82) is 0 Å². The van der Waals surface area contributed by atoms with Crippen LogP contribution in [0.2, 0.25) is 10.0 Å². The number of carbonyl (C=O) groups is 1. The Bertz CT molecular complexity index is 1340. The van der Waals surface area contributed by atoms with Crippen LogP contribution in [0.5, 0.6) is 11.5 Å². The number of para-hydroxylation sites is 2. The van der Waals surface area contributed by atoms with Crippen LogP contribution in [0.15, 0.2) is 66.7 Å². The quantitative estimate of drug-likeness (QED) is 0.274. The first-order chi connectivity index (χ1) is 19.8. The number of ether oxygens (including phenoxy) is 3. The Labute approximate surface area is 253 Å². The van der Waals surface area contributed by atoms with Crippen molar-refractivity contribution in [3.05, 3.63) is 87.9 Å². The van der Waals surface area contributed by atoms with Crippen LogP contribution in [0.25, 0.3) is 0 Å². The van der Waals surface area contributed by atoms with Gasteiger partial charge >= 0.3 is 0 Å². The summed E-state index contributed by atoms with van der Waals surface area (Å²) in [5, 5.41) is 1.14. The van der Waals surface area contributed by atoms with Crippen LogP contribution in [-0.4, -0.2) is 57.3 Å². The molecule has 0 bridgehead atoms. The molecular weight excluding hydrogens is 559 g/mol. The fraction of sp³-hybridized carbons (Fsp3) is 0.424. The minimum atomic E-state index is -0.0451. The van der Waals surface area contributed by atoms with E-state index in [2.05, 4.69) is 30.9 Å². The lowest BCUT2D eigenvalue weighted by atomic mass is 9.76. The monoisotopic (exact) mass is 596 g/mol. The number of benzene rings is 3. The average Bonchev–Trinajstić information content (AvgIpc) is 3.01. The van der Waals surface area contributed by atoms with Crippen LogP contribution in [-0.2, 0) is 9.53 Å². The largest absolute Gasteiger partial charge is 0.495 e. The third kappa shape index (κ3) is 6.94. The van der Waals surface area contributed by atoms with Crippen molar-refractivity contribution in [1.82, 2.24) is 4.90 Å². The minimum Gasteiger partial charge on any atom is -0.495 e. The van der Waals surface area contributed by atoms with Gasteiger partial charge < -0.3 is 24.0 Å². The number of halogens is 2. The highest BCUT2D eigenvalue weighted by Crippen LogP contribution is 2.44. The van der Waals surface area contributed by atoms with Crippen molar-refractivity contribution in [3.63, 3.8) is 0 Å². The van der Waals surface area contributed by atoms with E-state index in [9.17, 15) is 4.79 Å². The fourth-order valence-electron chi connectivity index (χ4n) is 5.93. The number of methoxy groups -OCH3 is 1. The molecule has 2 aliphatic heterocycles. The molecule has 0 radical (unpaired) electrons. The van der Waals surface area contributed by atoms with E-state index in [1.54, 1.807) is 7.11 Å². The molecule has 2 fully saturated rings. The van der Waals surface area contributed by atoms with Gasteiger partial charge in [0.15, 0.2) is 6.61 Å². The van der Waals surface area contributed by atoms with Gasteiger partial charge in [-0.1, -0.05) is 67.4 Å². The van der Waals surface area contributed by atoms with Gasteiger partial charge in [0.05, 0.1) is 35.6 Å². The highest BCUT2D eigenvalue weighted by Gasteiger charge is 2.35. The Morgan fingerprint density at radius 3 is 2.46 bits per heavy atom. The summed E-state index contributed by atoms with van der Waals surface area (Å²) in [4.78, 5) is 17.1. The fourth-order valence-corrected chi connectivity index (χ4v) is 6.24. The van der Waals surface area contributed by atoms with Gasteiger partial charge in [0, 0.05) is 32.1 Å². The standard InChI is InChI=1S/C33H38Cl2N2O4/c1-22(2)27-18-25(23-11-12-28(34)29(35)19-23)20-41-33(27)24-7-6-8-26(17-24)40-21-32(38)37-15-13-36(14-16-37)30-9-4-5-10-31(30)39-3/h4-12,17,19,22,25,27,33H,13-16,18,20-21H2,1-3H3/t25-,27-,33-/m0/s1. The number of amides is 1. The van der Waals surface area contributed by atoms with E-state index in [0.29, 0.717) is 47.3 Å². The molecule has 0 N–H and O–H groups in total. The molecule has 3 atom stereocenters. The predicted molar refractivity (Wildman–Crippen MR) is 165 cm³/mol. The zero-order valence-corrected chi connectivity index (χ0v) is 25.4. The molecule has 2 saturated heterocycles. The van der Waals surface area contributed by atoms with E-state index in [1.165, 1.54) is 0 Å². The zero-order chi connectivity index (χ0) is 28.9. The first kappa shape index (κ1) is 29.6. The van der Waals surface area contributed by atoms with Crippen molar-refractivity contribution in [3.8, 4) is 11.5 Å². The normalized spacial score (nSPS) is 21.2. The zero-order valence-electron chi connectivity index (χ0n) is 23.9. The summed E-state index contributed by atoms with van der Waals surface area (Å²) in [7, 11) is 1.68. The first-order valence-electron chi connectivity index (χ1n) is 14.3. The smallest absolute Gasteiger partial charge is 0.260 e. The van der Waals surface area contributed by atoms with Crippen LogP contribution in [0.4, 0.5) is 5.69 Å². The molecule has 0 spiro atoms. The first-order valence-corrected chi connectivity index (χ1v) is 15.0. The van der Waals surface area contributed by atoms with E-state index in [1.807, 2.05) is 59.5 Å². The van der Waals surface area contributed by atoms with Gasteiger partial charge in [-0.05, 0) is 65.8 Å². The maximum absolute atomic E-state index is 13.0. The van der Waals surface area contributed by atoms with Gasteiger partial charge in [0.1, 0.15) is 11.5 Å². The van der Waals surface area contributed by atoms with Crippen LogP contribution in [0, 0.1) is 11.8 Å². The van der Waals surface area contributed by atoms with Crippen molar-refractivity contribution < 1.29 is 19.0 Å². The summed E-state index contributed by atoms with van der Waals surface area (Å²) in [6.07, 6.45) is 0.946. The lowest BCUT2D eigenvalue weighted by Crippen LogP contribution is -2.50. The van der Waals surface area contributed by atoms with Crippen LogP contribution in [0.1, 0.15) is 43.4 Å². The van der Waals surface area contributed by atoms with Crippen LogP contribution in [0.3, 0.4) is 0 Å².